The third-order valence-electron chi connectivity index (χ3n) is 2.71. The second-order valence-corrected chi connectivity index (χ2v) is 6.05. The predicted molar refractivity (Wildman–Crippen MR) is 69.7 cm³/mol. The van der Waals surface area contributed by atoms with Crippen LogP contribution in [0.1, 0.15) is 11.1 Å². The van der Waals surface area contributed by atoms with Gasteiger partial charge >= 0.3 is 0 Å². The Balaban J connectivity index is 3.04. The van der Waals surface area contributed by atoms with Crippen molar-refractivity contribution in [1.29, 1.82) is 0 Å². The minimum absolute atomic E-state index is 0.000216. The van der Waals surface area contributed by atoms with Crippen LogP contribution in [0.15, 0.2) is 17.0 Å². The molecule has 0 saturated carbocycles. The van der Waals surface area contributed by atoms with Gasteiger partial charge in [-0.2, -0.15) is 0 Å². The molecule has 0 aliphatic rings. The van der Waals surface area contributed by atoms with Gasteiger partial charge in [0.1, 0.15) is 11.9 Å². The summed E-state index contributed by atoms with van der Waals surface area (Å²) in [6.07, 6.45) is -5.04. The fourth-order valence-electron chi connectivity index (χ4n) is 1.81. The van der Waals surface area contributed by atoms with Crippen LogP contribution in [-0.4, -0.2) is 39.7 Å². The molecular formula is C12H17F2NO4S. The number of hydrogen-bond acceptors (Lipinski definition) is 4. The summed E-state index contributed by atoms with van der Waals surface area (Å²) in [4.78, 5) is -0.000216. The Hall–Kier alpha value is -1.25. The number of rotatable bonds is 6. The van der Waals surface area contributed by atoms with Crippen LogP contribution in [-0.2, 0) is 10.0 Å². The van der Waals surface area contributed by atoms with Crippen LogP contribution in [0.3, 0.4) is 0 Å². The van der Waals surface area contributed by atoms with Crippen LogP contribution in [0.25, 0.3) is 0 Å². The number of ether oxygens (including phenoxy) is 1. The second kappa shape index (κ2) is 6.47. The maximum atomic E-state index is 12.2. The number of benzene rings is 1. The summed E-state index contributed by atoms with van der Waals surface area (Å²) in [5.41, 5.74) is 0.863. The lowest BCUT2D eigenvalue weighted by Crippen LogP contribution is -2.36. The molecule has 5 nitrogen and oxygen atoms in total. The summed E-state index contributed by atoms with van der Waals surface area (Å²) >= 11 is 0. The number of nitrogens with one attached hydrogen (secondary N) is 1. The Morgan fingerprint density at radius 2 is 1.80 bits per heavy atom. The lowest BCUT2D eigenvalue weighted by molar-refractivity contribution is -0.000453. The van der Waals surface area contributed by atoms with Gasteiger partial charge < -0.3 is 9.84 Å². The lowest BCUT2D eigenvalue weighted by Gasteiger charge is -2.15. The molecule has 0 amide bonds. The van der Waals surface area contributed by atoms with Gasteiger partial charge in [0.15, 0.2) is 0 Å². The van der Waals surface area contributed by atoms with Crippen molar-refractivity contribution in [3.8, 4) is 5.75 Å². The van der Waals surface area contributed by atoms with Crippen LogP contribution >= 0.6 is 0 Å². The van der Waals surface area contributed by atoms with Crippen molar-refractivity contribution < 1.29 is 27.0 Å². The molecule has 0 radical (unpaired) electrons. The van der Waals surface area contributed by atoms with Gasteiger partial charge in [0.2, 0.25) is 10.0 Å². The molecule has 0 spiro atoms. The largest absolute Gasteiger partial charge is 0.497 e. The zero-order valence-corrected chi connectivity index (χ0v) is 12.2. The number of aliphatic hydroxyl groups excluding tert-OH is 1. The number of aryl methyl sites for hydroxylation is 2. The molecule has 114 valence electrons. The van der Waals surface area contributed by atoms with E-state index in [-0.39, 0.29) is 4.90 Å². The predicted octanol–water partition coefficient (Wildman–Crippen LogP) is 1.22. The Morgan fingerprint density at radius 1 is 1.30 bits per heavy atom. The third kappa shape index (κ3) is 3.87. The van der Waals surface area contributed by atoms with E-state index in [9.17, 15) is 17.2 Å². The third-order valence-corrected chi connectivity index (χ3v) is 4.44. The summed E-state index contributed by atoms with van der Waals surface area (Å²) in [5, 5.41) is 8.96. The number of alkyl halides is 2. The molecule has 1 rings (SSSR count). The minimum Gasteiger partial charge on any atom is -0.497 e. The Labute approximate surface area is 116 Å². The van der Waals surface area contributed by atoms with Gasteiger partial charge in [-0.25, -0.2) is 21.9 Å². The van der Waals surface area contributed by atoms with Crippen LogP contribution in [0.5, 0.6) is 5.75 Å². The molecule has 0 bridgehead atoms. The quantitative estimate of drug-likeness (QED) is 0.828. The van der Waals surface area contributed by atoms with Gasteiger partial charge in [-0.05, 0) is 37.1 Å². The Bertz CT molecular complexity index is 552. The number of halogens is 2. The molecule has 1 unspecified atom stereocenters. The van der Waals surface area contributed by atoms with E-state index < -0.39 is 29.1 Å². The van der Waals surface area contributed by atoms with Crippen LogP contribution in [0.2, 0.25) is 0 Å². The van der Waals surface area contributed by atoms with E-state index >= 15 is 0 Å². The van der Waals surface area contributed by atoms with Crippen molar-refractivity contribution in [3.63, 3.8) is 0 Å². The van der Waals surface area contributed by atoms with Crippen molar-refractivity contribution in [1.82, 2.24) is 4.72 Å². The normalized spacial score (nSPS) is 13.6. The highest BCUT2D eigenvalue weighted by Crippen LogP contribution is 2.25. The highest BCUT2D eigenvalue weighted by Gasteiger charge is 2.24. The first-order chi connectivity index (χ1) is 9.19. The van der Waals surface area contributed by atoms with E-state index in [0.29, 0.717) is 16.9 Å². The first-order valence-corrected chi connectivity index (χ1v) is 7.28. The molecule has 0 fully saturated rings. The molecule has 1 aromatic rings. The Morgan fingerprint density at radius 3 is 2.20 bits per heavy atom. The van der Waals surface area contributed by atoms with Crippen molar-refractivity contribution >= 4 is 10.0 Å². The number of sulfonamides is 1. The van der Waals surface area contributed by atoms with Crippen molar-refractivity contribution in [2.45, 2.75) is 31.3 Å². The number of hydrogen-bond donors (Lipinski definition) is 2. The van der Waals surface area contributed by atoms with Crippen molar-refractivity contribution in [2.24, 2.45) is 0 Å². The minimum atomic E-state index is -3.97. The first-order valence-electron chi connectivity index (χ1n) is 5.80. The zero-order chi connectivity index (χ0) is 15.5. The van der Waals surface area contributed by atoms with Gasteiger partial charge in [-0.1, -0.05) is 0 Å². The number of aliphatic hydroxyl groups is 1. The summed E-state index contributed by atoms with van der Waals surface area (Å²) in [6, 6.07) is 3.07. The maximum Gasteiger partial charge on any atom is 0.265 e. The topological polar surface area (TPSA) is 75.6 Å². The van der Waals surface area contributed by atoms with Gasteiger partial charge in [-0.3, -0.25) is 0 Å². The SMILES string of the molecule is COc1cc(C)c(S(=O)(=O)NCC(O)C(F)F)c(C)c1. The molecule has 0 heterocycles. The molecule has 0 saturated heterocycles. The Kier molecular flexibility index (Phi) is 5.43. The molecule has 0 aliphatic carbocycles. The fourth-order valence-corrected chi connectivity index (χ4v) is 3.31. The molecule has 8 heteroatoms. The van der Waals surface area contributed by atoms with Crippen molar-refractivity contribution in [2.75, 3.05) is 13.7 Å². The molecule has 20 heavy (non-hydrogen) atoms. The second-order valence-electron chi connectivity index (χ2n) is 4.34. The van der Waals surface area contributed by atoms with Gasteiger partial charge in [0.25, 0.3) is 6.43 Å². The van der Waals surface area contributed by atoms with E-state index in [2.05, 4.69) is 0 Å². The highest BCUT2D eigenvalue weighted by molar-refractivity contribution is 7.89. The number of methoxy groups -OCH3 is 1. The van der Waals surface area contributed by atoms with E-state index in [1.54, 1.807) is 13.8 Å². The van der Waals surface area contributed by atoms with E-state index in [0.717, 1.165) is 0 Å². The van der Waals surface area contributed by atoms with Crippen molar-refractivity contribution in [3.05, 3.63) is 23.3 Å². The van der Waals surface area contributed by atoms with Gasteiger partial charge in [-0.15, -0.1) is 0 Å². The van der Waals surface area contributed by atoms with Crippen LogP contribution in [0.4, 0.5) is 8.78 Å². The van der Waals surface area contributed by atoms with Crippen LogP contribution in [0, 0.1) is 13.8 Å². The highest BCUT2D eigenvalue weighted by atomic mass is 32.2. The van der Waals surface area contributed by atoms with E-state index in [4.69, 9.17) is 9.84 Å². The lowest BCUT2D eigenvalue weighted by atomic mass is 10.1. The zero-order valence-electron chi connectivity index (χ0n) is 11.4. The molecule has 0 aromatic heterocycles. The summed E-state index contributed by atoms with van der Waals surface area (Å²) < 4.78 is 55.5. The maximum absolute atomic E-state index is 12.2. The van der Waals surface area contributed by atoms with Crippen LogP contribution < -0.4 is 9.46 Å². The standard InChI is InChI=1S/C12H17F2NO4S/c1-7-4-9(19-3)5-8(2)11(7)20(17,18)15-6-10(16)12(13)14/h4-5,10,12,15-16H,6H2,1-3H3. The van der Waals surface area contributed by atoms with Gasteiger partial charge in [0, 0.05) is 6.54 Å². The average molecular weight is 309 g/mol. The fraction of sp³-hybridized carbons (Fsp3) is 0.500. The van der Waals surface area contributed by atoms with E-state index in [1.165, 1.54) is 19.2 Å². The monoisotopic (exact) mass is 309 g/mol. The molecule has 2 N–H and O–H groups in total. The summed E-state index contributed by atoms with van der Waals surface area (Å²) in [6.45, 7) is 2.41. The summed E-state index contributed by atoms with van der Waals surface area (Å²) in [7, 11) is -2.52. The smallest absolute Gasteiger partial charge is 0.265 e. The average Bonchev–Trinajstić information content (AvgIpc) is 2.34. The first kappa shape index (κ1) is 16.8. The molecular weight excluding hydrogens is 292 g/mol. The molecule has 0 aliphatic heterocycles. The molecule has 1 aromatic carbocycles. The summed E-state index contributed by atoms with van der Waals surface area (Å²) in [5.74, 6) is 0.506. The van der Waals surface area contributed by atoms with E-state index in [1.807, 2.05) is 4.72 Å². The molecule has 1 atom stereocenters. The van der Waals surface area contributed by atoms with Gasteiger partial charge in [0.05, 0.1) is 12.0 Å².